The van der Waals surface area contributed by atoms with Crippen molar-refractivity contribution in [2.24, 2.45) is 50.2 Å². The molecule has 22 atom stereocenters. The minimum absolute atomic E-state index is 0.00691. The number of allylic oxidation sites excluding steroid dienone is 2. The van der Waals surface area contributed by atoms with Gasteiger partial charge in [-0.2, -0.15) is 0 Å². The summed E-state index contributed by atoms with van der Waals surface area (Å²) in [6.07, 6.45) is -8.54. The average Bonchev–Trinajstić information content (AvgIpc) is 0.672. The molecule has 2 heterocycles. The number of ketones is 1. The number of aliphatic hydroxyl groups excluding tert-OH is 5. The summed E-state index contributed by atoms with van der Waals surface area (Å²) in [5.41, 5.74) is -2.90. The number of carbonyl (C=O) groups is 10. The molecule has 8 N–H and O–H groups in total. The van der Waals surface area contributed by atoms with Crippen LogP contribution in [0, 0.1) is 50.2 Å². The van der Waals surface area contributed by atoms with E-state index in [4.69, 9.17) is 47.4 Å². The molecule has 5 aliphatic carbocycles. The Kier molecular flexibility index (Phi) is 33.5. The molecule has 7 aliphatic rings. The zero-order valence-electron chi connectivity index (χ0n) is 67.1. The summed E-state index contributed by atoms with van der Waals surface area (Å²) in [6.45, 7) is 27.1. The fourth-order valence-electron chi connectivity index (χ4n) is 18.2. The third kappa shape index (κ3) is 21.4. The monoisotopic (exact) mass is 1550 g/mol. The van der Waals surface area contributed by atoms with Crippen molar-refractivity contribution in [2.45, 2.75) is 349 Å². The van der Waals surface area contributed by atoms with Crippen molar-refractivity contribution in [3.8, 4) is 0 Å². The molecule has 0 bridgehead atoms. The molecule has 2 aliphatic heterocycles. The van der Waals surface area contributed by atoms with E-state index in [0.717, 1.165) is 44.1 Å². The van der Waals surface area contributed by atoms with Gasteiger partial charge in [-0.05, 0) is 161 Å². The van der Waals surface area contributed by atoms with Gasteiger partial charge in [-0.1, -0.05) is 134 Å². The number of hydrogen-bond acceptors (Lipinski definition) is 25. The molecule has 0 aromatic heterocycles. The third-order valence-electron chi connectivity index (χ3n) is 25.5. The van der Waals surface area contributed by atoms with Gasteiger partial charge in [-0.25, -0.2) is 14.4 Å². The zero-order valence-corrected chi connectivity index (χ0v) is 67.1. The number of carbonyl (C=O) groups excluding carboxylic acids is 10. The van der Waals surface area contributed by atoms with Crippen LogP contribution < -0.4 is 16.0 Å². The minimum Gasteiger partial charge on any atom is -0.466 e. The van der Waals surface area contributed by atoms with E-state index in [1.54, 1.807) is 0 Å². The first-order valence-corrected chi connectivity index (χ1v) is 40.8. The molecule has 0 radical (unpaired) electrons. The van der Waals surface area contributed by atoms with Crippen molar-refractivity contribution in [3.63, 3.8) is 0 Å². The average molecular weight is 1550 g/mol. The van der Waals surface area contributed by atoms with Crippen LogP contribution in [-0.4, -0.2) is 210 Å². The Balaban J connectivity index is 1.18. The van der Waals surface area contributed by atoms with Crippen molar-refractivity contribution in [1.29, 1.82) is 0 Å². The summed E-state index contributed by atoms with van der Waals surface area (Å²) >= 11 is 0. The number of esters is 6. The molecule has 0 unspecified atom stereocenters. The molecular weight excluding hydrogens is 1410 g/mol. The smallest absolute Gasteiger partial charge is 0.328 e. The van der Waals surface area contributed by atoms with Gasteiger partial charge >= 0.3 is 35.8 Å². The minimum atomic E-state index is -2.22. The lowest BCUT2D eigenvalue weighted by Crippen LogP contribution is -2.69. The number of aliphatic hydroxyl groups is 5. The predicted octanol–water partition coefficient (Wildman–Crippen LogP) is 7.85. The van der Waals surface area contributed by atoms with Crippen LogP contribution in [0.2, 0.25) is 0 Å². The fourth-order valence-corrected chi connectivity index (χ4v) is 18.2. The second-order valence-corrected chi connectivity index (χ2v) is 33.7. The van der Waals surface area contributed by atoms with Gasteiger partial charge in [0.15, 0.2) is 30.6 Å². The Labute approximate surface area is 644 Å². The quantitative estimate of drug-likeness (QED) is 0.0125. The van der Waals surface area contributed by atoms with E-state index < -0.39 is 166 Å². The van der Waals surface area contributed by atoms with Gasteiger partial charge in [0.05, 0.1) is 45.7 Å². The zero-order chi connectivity index (χ0) is 80.4. The number of amides is 3. The molecule has 6 fully saturated rings. The Hall–Kier alpha value is -5.72. The molecular formula is C81H131N3O25. The first kappa shape index (κ1) is 90.5. The largest absolute Gasteiger partial charge is 0.466 e. The molecule has 3 amide bonds. The molecule has 620 valence electrons. The lowest BCUT2D eigenvalue weighted by Gasteiger charge is -2.70. The number of ether oxygens (including phenoxy) is 10. The number of rotatable bonds is 40. The molecule has 0 aromatic rings. The second kappa shape index (κ2) is 40.3. The maximum Gasteiger partial charge on any atom is 0.328 e. The molecule has 4 saturated carbocycles. The maximum atomic E-state index is 15.8. The van der Waals surface area contributed by atoms with Gasteiger partial charge in [0, 0.05) is 30.6 Å². The lowest BCUT2D eigenvalue weighted by atomic mass is 9.33. The van der Waals surface area contributed by atoms with E-state index in [-0.39, 0.29) is 114 Å². The maximum absolute atomic E-state index is 15.8. The van der Waals surface area contributed by atoms with Gasteiger partial charge in [-0.15, -0.1) is 0 Å². The van der Waals surface area contributed by atoms with Crippen molar-refractivity contribution < 1.29 is 121 Å². The highest BCUT2D eigenvalue weighted by Gasteiger charge is 2.71. The van der Waals surface area contributed by atoms with Crippen LogP contribution in [0.5, 0.6) is 0 Å². The van der Waals surface area contributed by atoms with Crippen LogP contribution in [0.1, 0.15) is 263 Å². The lowest BCUT2D eigenvalue weighted by molar-refractivity contribution is -0.369. The summed E-state index contributed by atoms with van der Waals surface area (Å²) in [7, 11) is 0. The summed E-state index contributed by atoms with van der Waals surface area (Å²) in [6, 6.07) is -4.07. The number of hydrogen-bond donors (Lipinski definition) is 8. The van der Waals surface area contributed by atoms with Crippen LogP contribution in [-0.2, 0) is 95.3 Å². The van der Waals surface area contributed by atoms with Crippen LogP contribution in [0.25, 0.3) is 0 Å². The van der Waals surface area contributed by atoms with Gasteiger partial charge < -0.3 is 88.9 Å². The van der Waals surface area contributed by atoms with Crippen LogP contribution >= 0.6 is 0 Å². The topological polar surface area (TPSA) is 400 Å². The molecule has 2 saturated heterocycles. The SMILES string of the molecule is CCCCOC(=O)CC[C@H](NC(=O)[C@H]1O[C@@H](O[C@H]2[C@H](O[C@H]3CC[C@]4(C)[C@H]5C(=O)C=C6[C@@H]7C[C@@](C)(C(=O)N[C@@H](CCC(=O)OCCCC)C(=O)OCCCC)CC[C@]7(C)CC[C@@]6(C)[C@]5(C)CC[C@H]4C3(C)C)O[C@H](C(=O)N[C@@H](CCC(=O)OCCCC)C(=O)OCCCC)[C@@H](O)[C@@H]2O)[C@H](O)[C@@H](O)[C@@H]1O)C(=O)OCCCC. The van der Waals surface area contributed by atoms with Gasteiger partial charge in [0.2, 0.25) is 5.91 Å². The van der Waals surface area contributed by atoms with Gasteiger partial charge in [0.25, 0.3) is 11.8 Å². The third-order valence-corrected chi connectivity index (χ3v) is 25.5. The van der Waals surface area contributed by atoms with E-state index in [1.165, 1.54) is 0 Å². The molecule has 28 heteroatoms. The van der Waals surface area contributed by atoms with Crippen molar-refractivity contribution >= 4 is 59.3 Å². The predicted molar refractivity (Wildman–Crippen MR) is 395 cm³/mol. The summed E-state index contributed by atoms with van der Waals surface area (Å²) < 4.78 is 58.4. The first-order valence-electron chi connectivity index (χ1n) is 40.8. The van der Waals surface area contributed by atoms with Crippen LogP contribution in [0.4, 0.5) is 0 Å². The highest BCUT2D eigenvalue weighted by atomic mass is 16.8. The van der Waals surface area contributed by atoms with Crippen LogP contribution in [0.3, 0.4) is 0 Å². The molecule has 0 aromatic carbocycles. The first-order chi connectivity index (χ1) is 51.6. The molecule has 109 heavy (non-hydrogen) atoms. The van der Waals surface area contributed by atoms with Crippen molar-refractivity contribution in [3.05, 3.63) is 11.6 Å². The number of fused-ring (bicyclic) bond motifs is 7. The normalized spacial score (nSPS) is 34.0. The Morgan fingerprint density at radius 2 is 0.908 bits per heavy atom. The van der Waals surface area contributed by atoms with E-state index in [1.807, 2.05) is 68.4 Å². The molecule has 7 rings (SSSR count). The fraction of sp³-hybridized carbons (Fsp3) is 0.852. The van der Waals surface area contributed by atoms with Crippen molar-refractivity contribution in [2.75, 3.05) is 39.6 Å². The molecule has 28 nitrogen and oxygen atoms in total. The van der Waals surface area contributed by atoms with E-state index in [2.05, 4.69) is 43.6 Å². The summed E-state index contributed by atoms with van der Waals surface area (Å²) in [4.78, 5) is 139. The Morgan fingerprint density at radius 3 is 1.37 bits per heavy atom. The Bertz CT molecular complexity index is 3130. The second-order valence-electron chi connectivity index (χ2n) is 33.7. The van der Waals surface area contributed by atoms with Crippen LogP contribution in [0.15, 0.2) is 11.6 Å². The van der Waals surface area contributed by atoms with Crippen molar-refractivity contribution in [1.82, 2.24) is 16.0 Å². The van der Waals surface area contributed by atoms with E-state index in [0.29, 0.717) is 89.9 Å². The summed E-state index contributed by atoms with van der Waals surface area (Å²) in [5.74, 6) is -7.83. The number of unbranched alkanes of at least 4 members (excludes halogenated alkanes) is 6. The van der Waals surface area contributed by atoms with E-state index >= 15 is 4.79 Å². The van der Waals surface area contributed by atoms with E-state index in [9.17, 15) is 68.7 Å². The number of nitrogens with one attached hydrogen (secondary N) is 3. The highest BCUT2D eigenvalue weighted by Crippen LogP contribution is 2.75. The standard InChI is InChI=1S/C81H131N3O25/c1-14-20-40-100-56(86)29-26-50(70(96)103-43-23-17-4)82-68(94)64-60(90)59(89)63(93)73(107-64)109-66-62(92)61(91)65(69(95)83-51(71(97)104-44-24-18-5)27-30-57(87)101-41-21-15-2)108-74(66)106-55-33-34-79(11)54(76(55,7)8)32-35-81(13)67(79)53(85)46-48-49-47-78(10,37-36-77(49,9)38-39-80(48,81)12)75(99)84-52(72(98)105-45-25-19-6)28-31-58(88)102-42-22-16-3/h46,49-52,54-55,59-67,73-74,89-93H,14-45,47H2,1-13H3,(H,82,94)(H,83,95)(H,84,99)/t49-,50-,51-,52-,54-,55-,59-,60-,61-,62-,63+,64-,65-,66+,67+,73-,74+,77+,78-,79-,80+,81+/m0/s1. The highest BCUT2D eigenvalue weighted by molar-refractivity contribution is 5.96. The van der Waals surface area contributed by atoms with Gasteiger partial charge in [-0.3, -0.25) is 33.6 Å². The van der Waals surface area contributed by atoms with Gasteiger partial charge in [0.1, 0.15) is 54.7 Å². The molecule has 0 spiro atoms. The Morgan fingerprint density at radius 1 is 0.486 bits per heavy atom. The summed E-state index contributed by atoms with van der Waals surface area (Å²) in [5, 5.41) is 67.2.